The molecule has 2 heterocycles. The van der Waals surface area contributed by atoms with Gasteiger partial charge in [-0.3, -0.25) is 4.79 Å². The second-order valence-corrected chi connectivity index (χ2v) is 6.01. The molecule has 0 bridgehead atoms. The zero-order chi connectivity index (χ0) is 16.0. The molecule has 0 radical (unpaired) electrons. The summed E-state index contributed by atoms with van der Waals surface area (Å²) in [6, 6.07) is 11.3. The Morgan fingerprint density at radius 3 is 3.04 bits per heavy atom. The Hall–Kier alpha value is -2.66. The van der Waals surface area contributed by atoms with Gasteiger partial charge in [-0.1, -0.05) is 24.3 Å². The third-order valence-electron chi connectivity index (χ3n) is 4.41. The van der Waals surface area contributed by atoms with Gasteiger partial charge in [-0.15, -0.1) is 0 Å². The van der Waals surface area contributed by atoms with E-state index in [1.54, 1.807) is 10.7 Å². The Morgan fingerprint density at radius 1 is 1.35 bits per heavy atom. The van der Waals surface area contributed by atoms with E-state index in [4.69, 9.17) is 0 Å². The number of aliphatic hydroxyl groups is 1. The summed E-state index contributed by atoms with van der Waals surface area (Å²) in [5.74, 6) is -0.216. The van der Waals surface area contributed by atoms with E-state index in [-0.39, 0.29) is 11.9 Å². The van der Waals surface area contributed by atoms with Gasteiger partial charge in [0, 0.05) is 12.6 Å². The van der Waals surface area contributed by atoms with Crippen molar-refractivity contribution in [1.29, 1.82) is 0 Å². The summed E-state index contributed by atoms with van der Waals surface area (Å²) < 4.78 is 1.68. The van der Waals surface area contributed by atoms with E-state index in [0.717, 1.165) is 22.2 Å². The van der Waals surface area contributed by atoms with Crippen molar-refractivity contribution in [1.82, 2.24) is 14.9 Å². The van der Waals surface area contributed by atoms with Crippen LogP contribution in [0.4, 0.5) is 0 Å². The minimum Gasteiger partial charge on any atom is -0.390 e. The van der Waals surface area contributed by atoms with Crippen LogP contribution in [0.15, 0.2) is 48.8 Å². The molecule has 5 heteroatoms. The Morgan fingerprint density at radius 2 is 2.17 bits per heavy atom. The Kier molecular flexibility index (Phi) is 3.16. The van der Waals surface area contributed by atoms with Crippen molar-refractivity contribution in [3.05, 3.63) is 71.0 Å². The van der Waals surface area contributed by atoms with Gasteiger partial charge in [0.1, 0.15) is 0 Å². The minimum atomic E-state index is -0.597. The number of nitrogens with zero attached hydrogens (tertiary/aromatic N) is 2. The zero-order valence-electron chi connectivity index (χ0n) is 12.7. The highest BCUT2D eigenvalue weighted by molar-refractivity contribution is 6.01. The molecule has 5 nitrogen and oxygen atoms in total. The Bertz CT molecular complexity index is 900. The number of amides is 1. The number of nitrogens with one attached hydrogen (secondary N) is 1. The fourth-order valence-corrected chi connectivity index (χ4v) is 3.23. The molecular formula is C18H17N3O2. The molecule has 0 saturated carbocycles. The molecule has 2 N–H and O–H groups in total. The molecule has 0 spiro atoms. The van der Waals surface area contributed by atoms with E-state index < -0.39 is 6.10 Å². The number of aliphatic hydroxyl groups excluding tert-OH is 1. The predicted molar refractivity (Wildman–Crippen MR) is 86.3 cm³/mol. The average Bonchev–Trinajstić information content (AvgIpc) is 3.08. The van der Waals surface area contributed by atoms with E-state index in [0.29, 0.717) is 12.0 Å². The number of carbonyl (C=O) groups excluding carboxylic acids is 1. The summed E-state index contributed by atoms with van der Waals surface area (Å²) in [4.78, 5) is 12.7. The van der Waals surface area contributed by atoms with Gasteiger partial charge in [0.2, 0.25) is 0 Å². The lowest BCUT2D eigenvalue weighted by Crippen LogP contribution is -2.33. The van der Waals surface area contributed by atoms with Gasteiger partial charge in [-0.25, -0.2) is 4.52 Å². The summed E-state index contributed by atoms with van der Waals surface area (Å²) in [6.07, 6.45) is 3.37. The second-order valence-electron chi connectivity index (χ2n) is 6.01. The summed E-state index contributed by atoms with van der Waals surface area (Å²) in [7, 11) is 0. The first-order chi connectivity index (χ1) is 11.1. The summed E-state index contributed by atoms with van der Waals surface area (Å²) >= 11 is 0. The molecule has 1 aliphatic carbocycles. The highest BCUT2D eigenvalue weighted by Crippen LogP contribution is 2.31. The Labute approximate surface area is 133 Å². The molecule has 116 valence electrons. The van der Waals surface area contributed by atoms with Gasteiger partial charge >= 0.3 is 0 Å². The van der Waals surface area contributed by atoms with Crippen LogP contribution in [0.25, 0.3) is 5.52 Å². The first-order valence-corrected chi connectivity index (χ1v) is 7.64. The lowest BCUT2D eigenvalue weighted by Gasteiger charge is -2.17. The van der Waals surface area contributed by atoms with Gasteiger partial charge < -0.3 is 10.4 Å². The molecule has 1 aromatic carbocycles. The van der Waals surface area contributed by atoms with Crippen LogP contribution < -0.4 is 5.32 Å². The largest absolute Gasteiger partial charge is 0.390 e. The number of hydrogen-bond acceptors (Lipinski definition) is 3. The molecular weight excluding hydrogens is 290 g/mol. The molecule has 3 aromatic rings. The summed E-state index contributed by atoms with van der Waals surface area (Å²) in [6.45, 7) is 1.98. The van der Waals surface area contributed by atoms with Crippen molar-refractivity contribution in [2.75, 3.05) is 0 Å². The molecule has 2 aromatic heterocycles. The van der Waals surface area contributed by atoms with Crippen molar-refractivity contribution < 1.29 is 9.90 Å². The van der Waals surface area contributed by atoms with Gasteiger partial charge in [-0.2, -0.15) is 5.10 Å². The van der Waals surface area contributed by atoms with Crippen molar-refractivity contribution >= 4 is 11.4 Å². The number of pyridine rings is 1. The smallest absolute Gasteiger partial charge is 0.255 e. The fraction of sp³-hybridized carbons (Fsp3) is 0.222. The monoisotopic (exact) mass is 307 g/mol. The topological polar surface area (TPSA) is 66.6 Å². The van der Waals surface area contributed by atoms with Gasteiger partial charge in [0.15, 0.2) is 0 Å². The highest BCUT2D eigenvalue weighted by atomic mass is 16.3. The van der Waals surface area contributed by atoms with Crippen LogP contribution in [-0.4, -0.2) is 26.7 Å². The third-order valence-corrected chi connectivity index (χ3v) is 4.41. The molecule has 1 amide bonds. The molecule has 0 aliphatic heterocycles. The van der Waals surface area contributed by atoms with Crippen molar-refractivity contribution in [2.24, 2.45) is 0 Å². The second kappa shape index (κ2) is 5.21. The van der Waals surface area contributed by atoms with Crippen LogP contribution >= 0.6 is 0 Å². The maximum absolute atomic E-state index is 12.7. The summed E-state index contributed by atoms with van der Waals surface area (Å²) in [5.41, 5.74) is 4.42. The number of rotatable bonds is 2. The normalized spacial score (nSPS) is 19.7. The van der Waals surface area contributed by atoms with Gasteiger partial charge in [-0.05, 0) is 35.7 Å². The quantitative estimate of drug-likeness (QED) is 0.761. The number of aromatic nitrogens is 2. The van der Waals surface area contributed by atoms with E-state index in [1.165, 1.54) is 0 Å². The van der Waals surface area contributed by atoms with Crippen LogP contribution in [0.2, 0.25) is 0 Å². The van der Waals surface area contributed by atoms with E-state index in [9.17, 15) is 9.90 Å². The molecule has 1 aliphatic rings. The maximum atomic E-state index is 12.7. The highest BCUT2D eigenvalue weighted by Gasteiger charge is 2.32. The lowest BCUT2D eigenvalue weighted by molar-refractivity contribution is 0.0859. The number of fused-ring (bicyclic) bond motifs is 2. The SMILES string of the molecule is Cc1ccn2ncc(C(=O)N[C@@H]3c4ccccc4C[C@@H]3O)c2c1. The standard InChI is InChI=1S/C18H17N3O2/c1-11-6-7-21-15(8-11)14(10-19-21)18(23)20-17-13-5-3-2-4-12(13)9-16(17)22/h2-8,10,16-17,22H,9H2,1H3,(H,20,23)/t16-,17+/m0/s1. The third kappa shape index (κ3) is 2.29. The van der Waals surface area contributed by atoms with Crippen molar-refractivity contribution in [2.45, 2.75) is 25.5 Å². The minimum absolute atomic E-state index is 0.216. The first kappa shape index (κ1) is 14.0. The van der Waals surface area contributed by atoms with Crippen LogP contribution in [0.1, 0.15) is 33.1 Å². The first-order valence-electron chi connectivity index (χ1n) is 7.64. The molecule has 0 unspecified atom stereocenters. The van der Waals surface area contributed by atoms with Crippen LogP contribution in [-0.2, 0) is 6.42 Å². The van der Waals surface area contributed by atoms with Gasteiger partial charge in [0.25, 0.3) is 5.91 Å². The van der Waals surface area contributed by atoms with E-state index in [1.807, 2.05) is 49.5 Å². The number of hydrogen-bond donors (Lipinski definition) is 2. The van der Waals surface area contributed by atoms with E-state index in [2.05, 4.69) is 10.4 Å². The maximum Gasteiger partial charge on any atom is 0.255 e. The zero-order valence-corrected chi connectivity index (χ0v) is 12.7. The van der Waals surface area contributed by atoms with Crippen molar-refractivity contribution in [3.8, 4) is 0 Å². The molecule has 23 heavy (non-hydrogen) atoms. The van der Waals surface area contributed by atoms with Crippen LogP contribution in [0.5, 0.6) is 0 Å². The number of benzene rings is 1. The average molecular weight is 307 g/mol. The van der Waals surface area contributed by atoms with E-state index >= 15 is 0 Å². The molecule has 0 fully saturated rings. The number of aryl methyl sites for hydroxylation is 1. The van der Waals surface area contributed by atoms with Gasteiger partial charge in [0.05, 0.1) is 29.4 Å². The fourth-order valence-electron chi connectivity index (χ4n) is 3.23. The Balaban J connectivity index is 1.66. The lowest BCUT2D eigenvalue weighted by atomic mass is 10.1. The predicted octanol–water partition coefficient (Wildman–Crippen LogP) is 2.03. The van der Waals surface area contributed by atoms with Crippen LogP contribution in [0.3, 0.4) is 0 Å². The summed E-state index contributed by atoms with van der Waals surface area (Å²) in [5, 5.41) is 17.4. The molecule has 2 atom stereocenters. The molecule has 4 rings (SSSR count). The molecule has 0 saturated heterocycles. The van der Waals surface area contributed by atoms with Crippen molar-refractivity contribution in [3.63, 3.8) is 0 Å². The number of carbonyl (C=O) groups is 1. The van der Waals surface area contributed by atoms with Crippen LogP contribution in [0, 0.1) is 6.92 Å².